The molecule has 1 aromatic carbocycles. The van der Waals surface area contributed by atoms with Gasteiger partial charge < -0.3 is 5.32 Å². The van der Waals surface area contributed by atoms with E-state index in [1.807, 2.05) is 44.2 Å². The molecule has 0 spiro atoms. The summed E-state index contributed by atoms with van der Waals surface area (Å²) in [6.45, 7) is 4.36. The third-order valence-electron chi connectivity index (χ3n) is 3.95. The summed E-state index contributed by atoms with van der Waals surface area (Å²) in [4.78, 5) is 28.7. The Morgan fingerprint density at radius 1 is 1.33 bits per heavy atom. The number of amides is 2. The van der Waals surface area contributed by atoms with Crippen LogP contribution in [0.2, 0.25) is 0 Å². The van der Waals surface area contributed by atoms with Gasteiger partial charge in [-0.15, -0.1) is 0 Å². The number of carbonyl (C=O) groups is 2. The molecule has 126 valence electrons. The molecule has 1 saturated heterocycles. The number of hydrogen-bond donors (Lipinski definition) is 3. The predicted octanol–water partition coefficient (Wildman–Crippen LogP) is 0.661. The molecule has 24 heavy (non-hydrogen) atoms. The van der Waals surface area contributed by atoms with Gasteiger partial charge in [0.25, 0.3) is 0 Å². The average Bonchev–Trinajstić information content (AvgIpc) is 2.99. The van der Waals surface area contributed by atoms with E-state index in [-0.39, 0.29) is 18.2 Å². The van der Waals surface area contributed by atoms with Crippen molar-refractivity contribution < 1.29 is 9.59 Å². The van der Waals surface area contributed by atoms with Crippen LogP contribution >= 0.6 is 0 Å². The highest BCUT2D eigenvalue weighted by atomic mass is 16.2. The molecule has 0 bridgehead atoms. The Morgan fingerprint density at radius 2 is 2.08 bits per heavy atom. The summed E-state index contributed by atoms with van der Waals surface area (Å²) in [6, 6.07) is 9.34. The standard InChI is InChI=1S/C17H21N5O2/c1-11(2)15-20-17-19-14(23)10-13(22(17)21-15)16(24)18-9-8-12-6-4-3-5-7-12/h3-7,13,21H,8-10H2,1-2H3,(H,18,24)(H,19,20,23)/t13-/m1/s1. The van der Waals surface area contributed by atoms with E-state index < -0.39 is 6.04 Å². The van der Waals surface area contributed by atoms with Crippen LogP contribution in [0.3, 0.4) is 0 Å². The smallest absolute Gasteiger partial charge is 0.245 e. The molecule has 2 amide bonds. The van der Waals surface area contributed by atoms with Gasteiger partial charge in [-0.1, -0.05) is 30.3 Å². The first-order valence-corrected chi connectivity index (χ1v) is 7.98. The van der Waals surface area contributed by atoms with Crippen LogP contribution in [0.4, 0.5) is 0 Å². The Labute approximate surface area is 140 Å². The fraction of sp³-hybridized carbons (Fsp3) is 0.353. The van der Waals surface area contributed by atoms with Gasteiger partial charge in [-0.2, -0.15) is 4.99 Å². The number of nitrogens with one attached hydrogen (secondary N) is 3. The number of hydrazine groups is 1. The quantitative estimate of drug-likeness (QED) is 0.758. The van der Waals surface area contributed by atoms with E-state index >= 15 is 0 Å². The molecular weight excluding hydrogens is 306 g/mol. The first kappa shape index (κ1) is 16.0. The van der Waals surface area contributed by atoms with Gasteiger partial charge in [0.15, 0.2) is 0 Å². The third kappa shape index (κ3) is 3.40. The Balaban J connectivity index is 1.63. The Bertz CT molecular complexity index is 707. The summed E-state index contributed by atoms with van der Waals surface area (Å²) in [6.07, 6.45) is 0.846. The van der Waals surface area contributed by atoms with Crippen molar-refractivity contribution in [3.8, 4) is 0 Å². The van der Waals surface area contributed by atoms with Crippen LogP contribution in [-0.4, -0.2) is 35.4 Å². The number of carbonyl (C=O) groups excluding carboxylic acids is 2. The van der Waals surface area contributed by atoms with Crippen LogP contribution < -0.4 is 16.1 Å². The van der Waals surface area contributed by atoms with Crippen LogP contribution in [0.5, 0.6) is 0 Å². The second-order valence-corrected chi connectivity index (χ2v) is 6.06. The van der Waals surface area contributed by atoms with E-state index in [4.69, 9.17) is 0 Å². The lowest BCUT2D eigenvalue weighted by molar-refractivity contribution is -0.132. The summed E-state index contributed by atoms with van der Waals surface area (Å²) in [7, 11) is 0. The SMILES string of the molecule is CC(C)=C1N=C2NC(=O)C[C@H](C(=O)NCCc3ccccc3)N2N1. The predicted molar refractivity (Wildman–Crippen MR) is 90.5 cm³/mol. The van der Waals surface area contributed by atoms with Crippen LogP contribution in [0.25, 0.3) is 0 Å². The van der Waals surface area contributed by atoms with Crippen molar-refractivity contribution in [2.24, 2.45) is 4.99 Å². The number of rotatable bonds is 4. The summed E-state index contributed by atoms with van der Waals surface area (Å²) < 4.78 is 0. The fourth-order valence-corrected chi connectivity index (χ4v) is 2.63. The number of benzene rings is 1. The van der Waals surface area contributed by atoms with Crippen LogP contribution in [0, 0.1) is 0 Å². The number of hydrogen-bond acceptors (Lipinski definition) is 5. The Morgan fingerprint density at radius 3 is 2.79 bits per heavy atom. The Kier molecular flexibility index (Phi) is 4.50. The molecule has 0 saturated carbocycles. The second kappa shape index (κ2) is 6.74. The normalized spacial score (nSPS) is 19.2. The van der Waals surface area contributed by atoms with Crippen molar-refractivity contribution in [3.63, 3.8) is 0 Å². The zero-order chi connectivity index (χ0) is 17.1. The summed E-state index contributed by atoms with van der Waals surface area (Å²) in [5.41, 5.74) is 5.23. The molecule has 2 heterocycles. The second-order valence-electron chi connectivity index (χ2n) is 6.06. The summed E-state index contributed by atoms with van der Waals surface area (Å²) >= 11 is 0. The van der Waals surface area contributed by atoms with E-state index in [1.54, 1.807) is 5.01 Å². The van der Waals surface area contributed by atoms with Crippen molar-refractivity contribution in [3.05, 3.63) is 47.3 Å². The lowest BCUT2D eigenvalue weighted by Crippen LogP contribution is -2.62. The molecule has 1 atom stereocenters. The van der Waals surface area contributed by atoms with Gasteiger partial charge in [-0.05, 0) is 31.4 Å². The molecule has 1 aromatic rings. The molecule has 0 aliphatic carbocycles. The number of fused-ring (bicyclic) bond motifs is 1. The monoisotopic (exact) mass is 327 g/mol. The van der Waals surface area contributed by atoms with Crippen molar-refractivity contribution in [1.29, 1.82) is 0 Å². The minimum Gasteiger partial charge on any atom is -0.354 e. The van der Waals surface area contributed by atoms with Gasteiger partial charge >= 0.3 is 0 Å². The van der Waals surface area contributed by atoms with Crippen molar-refractivity contribution in [2.45, 2.75) is 32.7 Å². The minimum atomic E-state index is -0.606. The average molecular weight is 327 g/mol. The maximum atomic E-state index is 12.5. The van der Waals surface area contributed by atoms with E-state index in [2.05, 4.69) is 21.1 Å². The van der Waals surface area contributed by atoms with Crippen molar-refractivity contribution in [2.75, 3.05) is 6.54 Å². The molecular formula is C17H21N5O2. The largest absolute Gasteiger partial charge is 0.354 e. The highest BCUT2D eigenvalue weighted by molar-refractivity contribution is 6.05. The Hall–Kier alpha value is -2.83. The summed E-state index contributed by atoms with van der Waals surface area (Å²) in [5.74, 6) is 0.654. The molecule has 3 N–H and O–H groups in total. The fourth-order valence-electron chi connectivity index (χ4n) is 2.63. The first-order chi connectivity index (χ1) is 11.5. The number of allylic oxidation sites excluding steroid dienone is 1. The zero-order valence-corrected chi connectivity index (χ0v) is 13.8. The number of guanidine groups is 1. The molecule has 3 rings (SSSR count). The molecule has 0 unspecified atom stereocenters. The lowest BCUT2D eigenvalue weighted by atomic mass is 10.1. The van der Waals surface area contributed by atoms with Gasteiger partial charge in [0, 0.05) is 6.54 Å². The molecule has 2 aliphatic rings. The molecule has 0 aromatic heterocycles. The van der Waals surface area contributed by atoms with E-state index in [1.165, 1.54) is 0 Å². The van der Waals surface area contributed by atoms with Gasteiger partial charge in [-0.25, -0.2) is 5.01 Å². The molecule has 7 heteroatoms. The van der Waals surface area contributed by atoms with Crippen LogP contribution in [0.15, 0.2) is 46.7 Å². The third-order valence-corrected chi connectivity index (χ3v) is 3.95. The van der Waals surface area contributed by atoms with Crippen LogP contribution in [0.1, 0.15) is 25.8 Å². The molecule has 2 aliphatic heterocycles. The van der Waals surface area contributed by atoms with E-state index in [0.29, 0.717) is 18.3 Å². The van der Waals surface area contributed by atoms with Gasteiger partial charge in [0.1, 0.15) is 11.9 Å². The maximum absolute atomic E-state index is 12.5. The zero-order valence-electron chi connectivity index (χ0n) is 13.8. The number of nitrogens with zero attached hydrogens (tertiary/aromatic N) is 2. The van der Waals surface area contributed by atoms with E-state index in [9.17, 15) is 9.59 Å². The number of aliphatic imine (C=N–C) groups is 1. The molecule has 0 radical (unpaired) electrons. The van der Waals surface area contributed by atoms with Crippen molar-refractivity contribution in [1.82, 2.24) is 21.1 Å². The van der Waals surface area contributed by atoms with Gasteiger partial charge in [0.2, 0.25) is 17.8 Å². The van der Waals surface area contributed by atoms with E-state index in [0.717, 1.165) is 17.6 Å². The molecule has 7 nitrogen and oxygen atoms in total. The molecule has 1 fully saturated rings. The highest BCUT2D eigenvalue weighted by Crippen LogP contribution is 2.18. The van der Waals surface area contributed by atoms with Crippen LogP contribution in [-0.2, 0) is 16.0 Å². The lowest BCUT2D eigenvalue weighted by Gasteiger charge is -2.32. The van der Waals surface area contributed by atoms with Crippen molar-refractivity contribution >= 4 is 17.8 Å². The minimum absolute atomic E-state index is 0.0965. The van der Waals surface area contributed by atoms with Gasteiger partial charge in [0.05, 0.1) is 6.42 Å². The first-order valence-electron chi connectivity index (χ1n) is 7.98. The summed E-state index contributed by atoms with van der Waals surface area (Å²) in [5, 5.41) is 7.22. The van der Waals surface area contributed by atoms with Gasteiger partial charge in [-0.3, -0.25) is 20.3 Å². The topological polar surface area (TPSA) is 85.8 Å². The highest BCUT2D eigenvalue weighted by Gasteiger charge is 2.39. The maximum Gasteiger partial charge on any atom is 0.245 e.